The maximum atomic E-state index is 13.6. The van der Waals surface area contributed by atoms with Gasteiger partial charge in [0.2, 0.25) is 5.91 Å². The number of nitrogens with one attached hydrogen (secondary N) is 1. The first kappa shape index (κ1) is 18.5. The molecule has 3 heterocycles. The largest absolute Gasteiger partial charge is 0.350 e. The van der Waals surface area contributed by atoms with E-state index in [0.29, 0.717) is 29.0 Å². The first-order chi connectivity index (χ1) is 13.3. The van der Waals surface area contributed by atoms with Crippen LogP contribution >= 0.6 is 0 Å². The maximum Gasteiger partial charge on any atom is 0.264 e. The second kappa shape index (κ2) is 6.96. The SMILES string of the molecule is Cc1nn(CC(=O)NCc2cnn(C)c2C)c2nc(C3CC3)cc(C(F)F)c12. The van der Waals surface area contributed by atoms with Crippen LogP contribution in [0.1, 0.15) is 53.4 Å². The summed E-state index contributed by atoms with van der Waals surface area (Å²) in [6.45, 7) is 3.86. The number of rotatable bonds is 6. The highest BCUT2D eigenvalue weighted by atomic mass is 19.3. The normalized spacial score (nSPS) is 14.2. The summed E-state index contributed by atoms with van der Waals surface area (Å²) in [5, 5.41) is 11.6. The van der Waals surface area contributed by atoms with Crippen molar-refractivity contribution in [2.75, 3.05) is 0 Å². The van der Waals surface area contributed by atoms with Crippen LogP contribution in [-0.2, 0) is 24.9 Å². The fraction of sp³-hybridized carbons (Fsp3) is 0.474. The fourth-order valence-corrected chi connectivity index (χ4v) is 3.38. The zero-order chi connectivity index (χ0) is 20.0. The summed E-state index contributed by atoms with van der Waals surface area (Å²) in [6.07, 6.45) is 1.02. The molecule has 1 amide bonds. The molecular weight excluding hydrogens is 366 g/mol. The van der Waals surface area contributed by atoms with E-state index in [1.54, 1.807) is 17.8 Å². The first-order valence-corrected chi connectivity index (χ1v) is 9.25. The minimum atomic E-state index is -2.61. The molecule has 3 aromatic rings. The number of pyridine rings is 1. The standard InChI is InChI=1S/C19H22F2N6O/c1-10-17-14(18(20)21)6-15(12-4-5-12)24-19(17)27(25-10)9-16(28)22-7-13-8-23-26(3)11(13)2/h6,8,12,18H,4-5,7,9H2,1-3H3,(H,22,28). The Morgan fingerprint density at radius 2 is 2.11 bits per heavy atom. The van der Waals surface area contributed by atoms with Crippen molar-refractivity contribution in [2.24, 2.45) is 7.05 Å². The molecular formula is C19H22F2N6O. The van der Waals surface area contributed by atoms with Gasteiger partial charge in [-0.3, -0.25) is 9.48 Å². The van der Waals surface area contributed by atoms with Crippen LogP contribution in [0.5, 0.6) is 0 Å². The quantitative estimate of drug-likeness (QED) is 0.704. The Morgan fingerprint density at radius 1 is 1.36 bits per heavy atom. The first-order valence-electron chi connectivity index (χ1n) is 9.25. The van der Waals surface area contributed by atoms with Crippen LogP contribution in [0.2, 0.25) is 0 Å². The Kier molecular flexibility index (Phi) is 4.60. The van der Waals surface area contributed by atoms with Gasteiger partial charge in [-0.25, -0.2) is 18.4 Å². The number of aromatic nitrogens is 5. The number of carbonyl (C=O) groups is 1. The molecule has 0 spiro atoms. The smallest absolute Gasteiger partial charge is 0.264 e. The average Bonchev–Trinajstić information content (AvgIpc) is 3.40. The molecule has 7 nitrogen and oxygen atoms in total. The van der Waals surface area contributed by atoms with E-state index >= 15 is 0 Å². The molecule has 0 unspecified atom stereocenters. The lowest BCUT2D eigenvalue weighted by Gasteiger charge is -2.08. The molecule has 0 aliphatic heterocycles. The van der Waals surface area contributed by atoms with E-state index in [4.69, 9.17) is 0 Å². The number of alkyl halides is 2. The molecule has 3 aromatic heterocycles. The van der Waals surface area contributed by atoms with E-state index < -0.39 is 6.43 Å². The summed E-state index contributed by atoms with van der Waals surface area (Å²) in [5.74, 6) is -0.0298. The lowest BCUT2D eigenvalue weighted by Crippen LogP contribution is -2.27. The molecule has 0 bridgehead atoms. The van der Waals surface area contributed by atoms with Gasteiger partial charge in [-0.05, 0) is 32.8 Å². The predicted molar refractivity (Wildman–Crippen MR) is 99.0 cm³/mol. The van der Waals surface area contributed by atoms with E-state index in [2.05, 4.69) is 20.5 Å². The molecule has 1 fully saturated rings. The molecule has 28 heavy (non-hydrogen) atoms. The van der Waals surface area contributed by atoms with E-state index in [0.717, 1.165) is 24.1 Å². The van der Waals surface area contributed by atoms with Crippen LogP contribution in [-0.4, -0.2) is 30.5 Å². The highest BCUT2D eigenvalue weighted by molar-refractivity contribution is 5.85. The van der Waals surface area contributed by atoms with E-state index in [1.165, 1.54) is 10.7 Å². The number of fused-ring (bicyclic) bond motifs is 1. The van der Waals surface area contributed by atoms with E-state index in [1.807, 2.05) is 14.0 Å². The second-order valence-corrected chi connectivity index (χ2v) is 7.31. The van der Waals surface area contributed by atoms with Crippen LogP contribution in [0.3, 0.4) is 0 Å². The lowest BCUT2D eigenvalue weighted by atomic mass is 10.1. The Hall–Kier alpha value is -2.84. The number of hydrogen-bond donors (Lipinski definition) is 1. The van der Waals surface area contributed by atoms with Crippen molar-refractivity contribution in [3.8, 4) is 0 Å². The molecule has 1 saturated carbocycles. The summed E-state index contributed by atoms with van der Waals surface area (Å²) in [6, 6.07) is 1.49. The third kappa shape index (κ3) is 3.36. The van der Waals surface area contributed by atoms with Crippen LogP contribution < -0.4 is 5.32 Å². The van der Waals surface area contributed by atoms with Gasteiger partial charge in [-0.15, -0.1) is 0 Å². The molecule has 0 aromatic carbocycles. The number of carbonyl (C=O) groups excluding carboxylic acids is 1. The van der Waals surface area contributed by atoms with Gasteiger partial charge in [0, 0.05) is 42.0 Å². The third-order valence-corrected chi connectivity index (χ3v) is 5.26. The van der Waals surface area contributed by atoms with E-state index in [9.17, 15) is 13.6 Å². The average molecular weight is 388 g/mol. The maximum absolute atomic E-state index is 13.6. The summed E-state index contributed by atoms with van der Waals surface area (Å²) in [5.41, 5.74) is 3.31. The fourth-order valence-electron chi connectivity index (χ4n) is 3.38. The summed E-state index contributed by atoms with van der Waals surface area (Å²) in [7, 11) is 1.84. The molecule has 0 atom stereocenters. The Morgan fingerprint density at radius 3 is 2.71 bits per heavy atom. The van der Waals surface area contributed by atoms with Gasteiger partial charge in [0.25, 0.3) is 6.43 Å². The second-order valence-electron chi connectivity index (χ2n) is 7.31. The summed E-state index contributed by atoms with van der Waals surface area (Å²) < 4.78 is 30.4. The minimum Gasteiger partial charge on any atom is -0.350 e. The van der Waals surface area contributed by atoms with Gasteiger partial charge in [-0.2, -0.15) is 10.2 Å². The zero-order valence-corrected chi connectivity index (χ0v) is 16.0. The molecule has 0 saturated heterocycles. The number of hydrogen-bond acceptors (Lipinski definition) is 4. The topological polar surface area (TPSA) is 77.6 Å². The molecule has 4 rings (SSSR count). The Labute approximate surface area is 160 Å². The number of nitrogens with zero attached hydrogens (tertiary/aromatic N) is 5. The number of amides is 1. The van der Waals surface area contributed by atoms with Gasteiger partial charge in [0.05, 0.1) is 17.3 Å². The number of aryl methyl sites for hydroxylation is 2. The van der Waals surface area contributed by atoms with Gasteiger partial charge < -0.3 is 5.32 Å². The van der Waals surface area contributed by atoms with Crippen LogP contribution in [0.15, 0.2) is 12.3 Å². The highest BCUT2D eigenvalue weighted by Gasteiger charge is 2.29. The highest BCUT2D eigenvalue weighted by Crippen LogP contribution is 2.41. The van der Waals surface area contributed by atoms with Gasteiger partial charge >= 0.3 is 0 Å². The number of halogens is 2. The Balaban J connectivity index is 1.59. The predicted octanol–water partition coefficient (Wildman–Crippen LogP) is 2.91. The van der Waals surface area contributed by atoms with Gasteiger partial charge in [0.1, 0.15) is 6.54 Å². The Bertz CT molecular complexity index is 1050. The van der Waals surface area contributed by atoms with Crippen molar-refractivity contribution < 1.29 is 13.6 Å². The van der Waals surface area contributed by atoms with E-state index in [-0.39, 0.29) is 23.9 Å². The van der Waals surface area contributed by atoms with Gasteiger partial charge in [0.15, 0.2) is 5.65 Å². The molecule has 0 radical (unpaired) electrons. The molecule has 9 heteroatoms. The molecule has 148 valence electrons. The monoisotopic (exact) mass is 388 g/mol. The van der Waals surface area contributed by atoms with Crippen LogP contribution in [0, 0.1) is 13.8 Å². The minimum absolute atomic E-state index is 0.0537. The summed E-state index contributed by atoms with van der Waals surface area (Å²) >= 11 is 0. The van der Waals surface area contributed by atoms with Crippen molar-refractivity contribution in [1.29, 1.82) is 0 Å². The molecule has 1 aliphatic carbocycles. The molecule has 1 aliphatic rings. The van der Waals surface area contributed by atoms with Gasteiger partial charge in [-0.1, -0.05) is 0 Å². The third-order valence-electron chi connectivity index (χ3n) is 5.26. The van der Waals surface area contributed by atoms with Crippen molar-refractivity contribution in [2.45, 2.75) is 52.1 Å². The van der Waals surface area contributed by atoms with Crippen LogP contribution in [0.25, 0.3) is 11.0 Å². The van der Waals surface area contributed by atoms with Crippen molar-refractivity contribution in [3.63, 3.8) is 0 Å². The molecule has 1 N–H and O–H groups in total. The summed E-state index contributed by atoms with van der Waals surface area (Å²) in [4.78, 5) is 17.0. The van der Waals surface area contributed by atoms with Crippen molar-refractivity contribution in [3.05, 3.63) is 40.5 Å². The van der Waals surface area contributed by atoms with Crippen LogP contribution in [0.4, 0.5) is 8.78 Å². The van der Waals surface area contributed by atoms with Crippen molar-refractivity contribution >= 4 is 16.9 Å². The lowest BCUT2D eigenvalue weighted by molar-refractivity contribution is -0.121. The zero-order valence-electron chi connectivity index (χ0n) is 16.0. The van der Waals surface area contributed by atoms with Crippen molar-refractivity contribution in [1.82, 2.24) is 29.9 Å².